The lowest BCUT2D eigenvalue weighted by Crippen LogP contribution is -2.11. The SMILES string of the molecule is CCOc1ccc(C(=O)Nc2ccc(C)c(C)c2)cc1. The highest BCUT2D eigenvalue weighted by Crippen LogP contribution is 2.17. The predicted octanol–water partition coefficient (Wildman–Crippen LogP) is 3.95. The number of carbonyl (C=O) groups is 1. The van der Waals surface area contributed by atoms with Crippen molar-refractivity contribution in [3.8, 4) is 5.75 Å². The Balaban J connectivity index is 2.09. The lowest BCUT2D eigenvalue weighted by Gasteiger charge is -2.08. The maximum absolute atomic E-state index is 12.1. The Morgan fingerprint density at radius 3 is 2.35 bits per heavy atom. The molecule has 0 heterocycles. The van der Waals surface area contributed by atoms with Gasteiger partial charge in [0.25, 0.3) is 5.91 Å². The number of hydrogen-bond donors (Lipinski definition) is 1. The Morgan fingerprint density at radius 1 is 1.05 bits per heavy atom. The van der Waals surface area contributed by atoms with Crippen LogP contribution in [0.25, 0.3) is 0 Å². The van der Waals surface area contributed by atoms with Crippen LogP contribution >= 0.6 is 0 Å². The fourth-order valence-electron chi connectivity index (χ4n) is 1.89. The van der Waals surface area contributed by atoms with Crippen LogP contribution in [0.3, 0.4) is 0 Å². The molecule has 0 fully saturated rings. The molecule has 0 spiro atoms. The van der Waals surface area contributed by atoms with Gasteiger partial charge in [-0.2, -0.15) is 0 Å². The average Bonchev–Trinajstić information content (AvgIpc) is 2.44. The zero-order valence-corrected chi connectivity index (χ0v) is 12.1. The normalized spacial score (nSPS) is 10.2. The van der Waals surface area contributed by atoms with Crippen molar-refractivity contribution in [3.05, 3.63) is 59.2 Å². The zero-order valence-electron chi connectivity index (χ0n) is 12.1. The number of nitrogens with one attached hydrogen (secondary N) is 1. The Bertz CT molecular complexity index is 603. The van der Waals surface area contributed by atoms with Crippen LogP contribution in [-0.2, 0) is 0 Å². The third-order valence-electron chi connectivity index (χ3n) is 3.19. The van der Waals surface area contributed by atoms with Gasteiger partial charge in [0.1, 0.15) is 5.75 Å². The van der Waals surface area contributed by atoms with E-state index in [1.165, 1.54) is 5.56 Å². The lowest BCUT2D eigenvalue weighted by molar-refractivity contribution is 0.102. The smallest absolute Gasteiger partial charge is 0.255 e. The second kappa shape index (κ2) is 6.24. The van der Waals surface area contributed by atoms with Gasteiger partial charge in [0, 0.05) is 11.3 Å². The quantitative estimate of drug-likeness (QED) is 0.912. The van der Waals surface area contributed by atoms with E-state index < -0.39 is 0 Å². The minimum Gasteiger partial charge on any atom is -0.494 e. The Morgan fingerprint density at radius 2 is 1.75 bits per heavy atom. The average molecular weight is 269 g/mol. The van der Waals surface area contributed by atoms with Crippen molar-refractivity contribution in [1.82, 2.24) is 0 Å². The third-order valence-corrected chi connectivity index (χ3v) is 3.19. The van der Waals surface area contributed by atoms with E-state index in [-0.39, 0.29) is 5.91 Å². The third kappa shape index (κ3) is 3.38. The van der Waals surface area contributed by atoms with Gasteiger partial charge in [-0.05, 0) is 68.3 Å². The van der Waals surface area contributed by atoms with E-state index in [1.54, 1.807) is 24.3 Å². The van der Waals surface area contributed by atoms with E-state index in [9.17, 15) is 4.79 Å². The summed E-state index contributed by atoms with van der Waals surface area (Å²) in [6.45, 7) is 6.63. The number of ether oxygens (including phenoxy) is 1. The molecule has 2 aromatic carbocycles. The highest BCUT2D eigenvalue weighted by molar-refractivity contribution is 6.04. The summed E-state index contributed by atoms with van der Waals surface area (Å²) in [6.07, 6.45) is 0. The van der Waals surface area contributed by atoms with Gasteiger partial charge in [0.15, 0.2) is 0 Å². The zero-order chi connectivity index (χ0) is 14.5. The van der Waals surface area contributed by atoms with E-state index in [0.717, 1.165) is 17.0 Å². The molecule has 104 valence electrons. The molecule has 0 aliphatic carbocycles. The molecule has 20 heavy (non-hydrogen) atoms. The van der Waals surface area contributed by atoms with Crippen LogP contribution in [0.4, 0.5) is 5.69 Å². The first-order chi connectivity index (χ1) is 9.60. The fraction of sp³-hybridized carbons (Fsp3) is 0.235. The van der Waals surface area contributed by atoms with Crippen LogP contribution in [0, 0.1) is 13.8 Å². The molecule has 0 bridgehead atoms. The van der Waals surface area contributed by atoms with Crippen LogP contribution in [-0.4, -0.2) is 12.5 Å². The summed E-state index contributed by atoms with van der Waals surface area (Å²) in [5.41, 5.74) is 3.80. The molecule has 3 heteroatoms. The summed E-state index contributed by atoms with van der Waals surface area (Å²) >= 11 is 0. The predicted molar refractivity (Wildman–Crippen MR) is 81.5 cm³/mol. The first-order valence-corrected chi connectivity index (χ1v) is 6.71. The van der Waals surface area contributed by atoms with Crippen molar-refractivity contribution < 1.29 is 9.53 Å². The summed E-state index contributed by atoms with van der Waals surface area (Å²) in [5.74, 6) is 0.659. The minimum absolute atomic E-state index is 0.115. The number of amides is 1. The van der Waals surface area contributed by atoms with Crippen LogP contribution < -0.4 is 10.1 Å². The fourth-order valence-corrected chi connectivity index (χ4v) is 1.89. The first-order valence-electron chi connectivity index (χ1n) is 6.71. The molecule has 0 atom stereocenters. The number of anilines is 1. The molecule has 0 aromatic heterocycles. The van der Waals surface area contributed by atoms with Gasteiger partial charge < -0.3 is 10.1 Å². The molecule has 2 rings (SSSR count). The molecular weight excluding hydrogens is 250 g/mol. The summed E-state index contributed by atoms with van der Waals surface area (Å²) in [4.78, 5) is 12.1. The Labute approximate surface area is 119 Å². The molecule has 2 aromatic rings. The number of benzene rings is 2. The van der Waals surface area contributed by atoms with E-state index in [0.29, 0.717) is 12.2 Å². The maximum atomic E-state index is 12.1. The summed E-state index contributed by atoms with van der Waals surface area (Å²) in [7, 11) is 0. The van der Waals surface area contributed by atoms with Crippen LogP contribution in [0.2, 0.25) is 0 Å². The van der Waals surface area contributed by atoms with Crippen molar-refractivity contribution >= 4 is 11.6 Å². The highest BCUT2D eigenvalue weighted by atomic mass is 16.5. The van der Waals surface area contributed by atoms with Gasteiger partial charge in [0.2, 0.25) is 0 Å². The molecule has 0 radical (unpaired) electrons. The molecule has 0 aliphatic heterocycles. The van der Waals surface area contributed by atoms with Crippen molar-refractivity contribution in [2.75, 3.05) is 11.9 Å². The van der Waals surface area contributed by atoms with Gasteiger partial charge in [0.05, 0.1) is 6.61 Å². The van der Waals surface area contributed by atoms with E-state index in [4.69, 9.17) is 4.74 Å². The molecule has 0 aliphatic rings. The van der Waals surface area contributed by atoms with Crippen LogP contribution in [0.1, 0.15) is 28.4 Å². The summed E-state index contributed by atoms with van der Waals surface area (Å²) in [5, 5.41) is 2.90. The van der Waals surface area contributed by atoms with Gasteiger partial charge in [-0.1, -0.05) is 6.07 Å². The number of rotatable bonds is 4. The summed E-state index contributed by atoms with van der Waals surface area (Å²) < 4.78 is 5.36. The van der Waals surface area contributed by atoms with E-state index in [2.05, 4.69) is 5.32 Å². The number of carbonyl (C=O) groups excluding carboxylic acids is 1. The molecule has 1 N–H and O–H groups in total. The van der Waals surface area contributed by atoms with Gasteiger partial charge in [-0.25, -0.2) is 0 Å². The largest absolute Gasteiger partial charge is 0.494 e. The van der Waals surface area contributed by atoms with E-state index >= 15 is 0 Å². The van der Waals surface area contributed by atoms with Gasteiger partial charge in [-0.15, -0.1) is 0 Å². The Hall–Kier alpha value is -2.29. The van der Waals surface area contributed by atoms with Gasteiger partial charge >= 0.3 is 0 Å². The monoisotopic (exact) mass is 269 g/mol. The van der Waals surface area contributed by atoms with Crippen LogP contribution in [0.15, 0.2) is 42.5 Å². The molecule has 0 saturated carbocycles. The van der Waals surface area contributed by atoms with Gasteiger partial charge in [-0.3, -0.25) is 4.79 Å². The van der Waals surface area contributed by atoms with Crippen molar-refractivity contribution in [1.29, 1.82) is 0 Å². The second-order valence-corrected chi connectivity index (χ2v) is 4.71. The maximum Gasteiger partial charge on any atom is 0.255 e. The van der Waals surface area contributed by atoms with Crippen molar-refractivity contribution in [2.45, 2.75) is 20.8 Å². The first kappa shape index (κ1) is 14.1. The number of aryl methyl sites for hydroxylation is 2. The number of hydrogen-bond acceptors (Lipinski definition) is 2. The highest BCUT2D eigenvalue weighted by Gasteiger charge is 2.06. The molecule has 0 saturated heterocycles. The van der Waals surface area contributed by atoms with Crippen molar-refractivity contribution in [3.63, 3.8) is 0 Å². The lowest BCUT2D eigenvalue weighted by atomic mass is 10.1. The summed E-state index contributed by atoms with van der Waals surface area (Å²) in [6, 6.07) is 13.0. The Kier molecular flexibility index (Phi) is 4.41. The van der Waals surface area contributed by atoms with E-state index in [1.807, 2.05) is 39.0 Å². The molecule has 0 unspecified atom stereocenters. The molecule has 3 nitrogen and oxygen atoms in total. The molecule has 1 amide bonds. The topological polar surface area (TPSA) is 38.3 Å². The second-order valence-electron chi connectivity index (χ2n) is 4.71. The van der Waals surface area contributed by atoms with Crippen LogP contribution in [0.5, 0.6) is 5.75 Å². The molecular formula is C17H19NO2. The van der Waals surface area contributed by atoms with Crippen molar-refractivity contribution in [2.24, 2.45) is 0 Å². The minimum atomic E-state index is -0.115. The standard InChI is InChI=1S/C17H19NO2/c1-4-20-16-9-6-14(7-10-16)17(19)18-15-8-5-12(2)13(3)11-15/h5-11H,4H2,1-3H3,(H,18,19).